The van der Waals surface area contributed by atoms with E-state index >= 15 is 0 Å². The van der Waals surface area contributed by atoms with Crippen molar-refractivity contribution in [2.45, 2.75) is 24.3 Å². The molecule has 29 heavy (non-hydrogen) atoms. The second-order valence-electron chi connectivity index (χ2n) is 5.49. The fourth-order valence-electron chi connectivity index (χ4n) is 2.46. The number of aliphatic hydroxyl groups is 2. The zero-order valence-electron chi connectivity index (χ0n) is 14.5. The van der Waals surface area contributed by atoms with Crippen molar-refractivity contribution >= 4 is 21.7 Å². The van der Waals surface area contributed by atoms with Crippen molar-refractivity contribution in [3.63, 3.8) is 0 Å². The van der Waals surface area contributed by atoms with E-state index < -0.39 is 51.5 Å². The Labute approximate surface area is 162 Å². The monoisotopic (exact) mass is 436 g/mol. The number of pyridine rings is 1. The minimum Gasteiger partial charge on any atom is -0.481 e. The lowest BCUT2D eigenvalue weighted by molar-refractivity contribution is -0.140. The Morgan fingerprint density at radius 1 is 1.28 bits per heavy atom. The molecule has 0 aliphatic rings. The van der Waals surface area contributed by atoms with E-state index in [9.17, 15) is 31.8 Å². The van der Waals surface area contributed by atoms with Crippen molar-refractivity contribution in [3.8, 4) is 5.88 Å². The first kappa shape index (κ1) is 20.7. The third-order valence-electron chi connectivity index (χ3n) is 3.63. The smallest absolute Gasteiger partial charge is 0.417 e. The van der Waals surface area contributed by atoms with Crippen LogP contribution in [0.25, 0.3) is 5.78 Å². The molecular weight excluding hydrogens is 421 g/mol. The van der Waals surface area contributed by atoms with Crippen molar-refractivity contribution < 1.29 is 38.0 Å². The van der Waals surface area contributed by atoms with Gasteiger partial charge in [-0.15, -0.1) is 5.10 Å². The Morgan fingerprint density at radius 3 is 2.59 bits per heavy atom. The maximum Gasteiger partial charge on any atom is 0.417 e. The van der Waals surface area contributed by atoms with E-state index in [1.54, 1.807) is 0 Å². The van der Waals surface area contributed by atoms with Gasteiger partial charge in [0.2, 0.25) is 5.88 Å². The number of aromatic nitrogens is 5. The number of anilines is 1. The third kappa shape index (κ3) is 3.92. The Morgan fingerprint density at radius 2 is 2.00 bits per heavy atom. The molecule has 3 aromatic heterocycles. The molecule has 0 radical (unpaired) electrons. The summed E-state index contributed by atoms with van der Waals surface area (Å²) in [7, 11) is -3.62. The van der Waals surface area contributed by atoms with Gasteiger partial charge in [0.15, 0.2) is 0 Å². The van der Waals surface area contributed by atoms with E-state index in [1.165, 1.54) is 13.2 Å². The molecule has 3 N–H and O–H groups in total. The molecular formula is C14H15F3N6O5S. The molecule has 0 unspecified atom stereocenters. The number of nitrogens with one attached hydrogen (secondary N) is 1. The molecule has 0 saturated heterocycles. The van der Waals surface area contributed by atoms with Crippen LogP contribution in [0.15, 0.2) is 23.2 Å². The zero-order valence-corrected chi connectivity index (χ0v) is 15.4. The highest BCUT2D eigenvalue weighted by Gasteiger charge is 2.39. The Kier molecular flexibility index (Phi) is 5.29. The van der Waals surface area contributed by atoms with E-state index in [4.69, 9.17) is 4.74 Å². The van der Waals surface area contributed by atoms with Crippen LogP contribution in [0.2, 0.25) is 0 Å². The van der Waals surface area contributed by atoms with Crippen LogP contribution in [0.5, 0.6) is 5.88 Å². The summed E-state index contributed by atoms with van der Waals surface area (Å²) in [6.07, 6.45) is -4.29. The Bertz CT molecular complexity index is 1170. The molecule has 0 aliphatic carbocycles. The molecule has 3 heterocycles. The number of aliphatic hydroxyl groups excluding tert-OH is 2. The third-order valence-corrected chi connectivity index (χ3v) is 5.08. The summed E-state index contributed by atoms with van der Waals surface area (Å²) in [6, 6.07) is 1.79. The van der Waals surface area contributed by atoms with Gasteiger partial charge in [-0.1, -0.05) is 0 Å². The van der Waals surface area contributed by atoms with Crippen LogP contribution in [0.4, 0.5) is 19.1 Å². The molecule has 3 rings (SSSR count). The first-order valence-corrected chi connectivity index (χ1v) is 9.19. The zero-order chi connectivity index (χ0) is 21.4. The van der Waals surface area contributed by atoms with Gasteiger partial charge < -0.3 is 14.9 Å². The van der Waals surface area contributed by atoms with Gasteiger partial charge in [-0.2, -0.15) is 22.7 Å². The summed E-state index contributed by atoms with van der Waals surface area (Å²) >= 11 is 0. The molecule has 158 valence electrons. The quantitative estimate of drug-likeness (QED) is 0.504. The normalized spacial score (nSPS) is 12.3. The number of rotatable bonds is 6. The highest BCUT2D eigenvalue weighted by atomic mass is 32.2. The number of hydrogen-bond acceptors (Lipinski definition) is 9. The Hall–Kier alpha value is -3.04. The number of nitrogens with zero attached hydrogens (tertiary/aromatic N) is 5. The van der Waals surface area contributed by atoms with E-state index in [1.807, 2.05) is 4.72 Å². The molecule has 0 aliphatic heterocycles. The number of halogens is 3. The summed E-state index contributed by atoms with van der Waals surface area (Å²) in [4.78, 5) is 9.94. The van der Waals surface area contributed by atoms with Gasteiger partial charge in [0, 0.05) is 13.7 Å². The minimum atomic E-state index is -5.02. The highest BCUT2D eigenvalue weighted by molar-refractivity contribution is 7.92. The molecule has 0 bridgehead atoms. The first-order chi connectivity index (χ1) is 13.6. The highest BCUT2D eigenvalue weighted by Crippen LogP contribution is 2.35. The standard InChI is InChI=1S/C14H13F3N6O5S.H2/c1-28-10-4-7(5-24)19-13-20-12(21-23(10)13)22-29(26,27)11-8(14(15,16)17)2-3-18-9(11)6-25;/h2-4,24-25H,5-6H2,1H3,(H,21,22);1H. The summed E-state index contributed by atoms with van der Waals surface area (Å²) in [6.45, 7) is -1.51. The predicted octanol–water partition coefficient (Wildman–Crippen LogP) is 0.578. The van der Waals surface area contributed by atoms with Crippen LogP contribution in [0, 0.1) is 0 Å². The van der Waals surface area contributed by atoms with Gasteiger partial charge in [0.25, 0.3) is 21.7 Å². The molecule has 15 heteroatoms. The van der Waals surface area contributed by atoms with Crippen molar-refractivity contribution in [1.29, 1.82) is 0 Å². The second kappa shape index (κ2) is 7.41. The van der Waals surface area contributed by atoms with Crippen molar-refractivity contribution in [2.75, 3.05) is 11.8 Å². The predicted molar refractivity (Wildman–Crippen MR) is 91.3 cm³/mol. The maximum atomic E-state index is 13.3. The van der Waals surface area contributed by atoms with Crippen LogP contribution in [0.3, 0.4) is 0 Å². The van der Waals surface area contributed by atoms with E-state index in [0.717, 1.165) is 10.7 Å². The van der Waals surface area contributed by atoms with Gasteiger partial charge in [-0.25, -0.2) is 18.1 Å². The van der Waals surface area contributed by atoms with Crippen LogP contribution in [-0.4, -0.2) is 50.3 Å². The lowest BCUT2D eigenvalue weighted by Gasteiger charge is -2.15. The van der Waals surface area contributed by atoms with Gasteiger partial charge >= 0.3 is 6.18 Å². The van der Waals surface area contributed by atoms with E-state index in [0.29, 0.717) is 6.07 Å². The topological polar surface area (TPSA) is 152 Å². The Balaban J connectivity index is 0.00000320. The average Bonchev–Trinajstić information content (AvgIpc) is 3.07. The van der Waals surface area contributed by atoms with Crippen molar-refractivity contribution in [1.82, 2.24) is 24.6 Å². The van der Waals surface area contributed by atoms with E-state index in [-0.39, 0.29) is 18.8 Å². The van der Waals surface area contributed by atoms with Crippen LogP contribution in [0.1, 0.15) is 18.4 Å². The summed E-state index contributed by atoms with van der Waals surface area (Å²) in [5.74, 6) is -0.729. The van der Waals surface area contributed by atoms with Gasteiger partial charge in [0.05, 0.1) is 37.3 Å². The number of hydrogen-bond donors (Lipinski definition) is 3. The molecule has 0 spiro atoms. The fourth-order valence-corrected chi connectivity index (χ4v) is 3.79. The van der Waals surface area contributed by atoms with Crippen molar-refractivity contribution in [3.05, 3.63) is 35.3 Å². The summed E-state index contributed by atoms with van der Waals surface area (Å²) in [5, 5.41) is 22.3. The molecule has 0 atom stereocenters. The fraction of sp³-hybridized carbons (Fsp3) is 0.286. The molecule has 0 fully saturated rings. The van der Waals surface area contributed by atoms with Gasteiger partial charge in [0.1, 0.15) is 4.90 Å². The average molecular weight is 436 g/mol. The number of ether oxygens (including phenoxy) is 1. The first-order valence-electron chi connectivity index (χ1n) is 7.71. The minimum absolute atomic E-state index is 0. The van der Waals surface area contributed by atoms with Crippen LogP contribution in [-0.2, 0) is 29.4 Å². The molecule has 0 amide bonds. The largest absolute Gasteiger partial charge is 0.481 e. The number of methoxy groups -OCH3 is 1. The molecule has 0 saturated carbocycles. The molecule has 11 nitrogen and oxygen atoms in total. The number of alkyl halides is 3. The molecule has 0 aromatic carbocycles. The van der Waals surface area contributed by atoms with Gasteiger partial charge in [-0.05, 0) is 6.07 Å². The van der Waals surface area contributed by atoms with Gasteiger partial charge in [-0.3, -0.25) is 4.98 Å². The molecule has 3 aromatic rings. The lowest BCUT2D eigenvalue weighted by atomic mass is 10.2. The second-order valence-corrected chi connectivity index (χ2v) is 7.11. The lowest BCUT2D eigenvalue weighted by Crippen LogP contribution is -2.22. The summed E-state index contributed by atoms with van der Waals surface area (Å²) in [5.41, 5.74) is -2.06. The summed E-state index contributed by atoms with van der Waals surface area (Å²) < 4.78 is 73.1. The number of fused-ring (bicyclic) bond motifs is 1. The SMILES string of the molecule is COc1cc(CO)nc2nc(NS(=O)(=O)c3c(C(F)(F)F)ccnc3CO)nn12.[HH]. The maximum absolute atomic E-state index is 13.3. The van der Waals surface area contributed by atoms with Crippen LogP contribution >= 0.6 is 0 Å². The van der Waals surface area contributed by atoms with Crippen molar-refractivity contribution in [2.24, 2.45) is 0 Å². The van der Waals surface area contributed by atoms with E-state index in [2.05, 4.69) is 20.1 Å². The number of sulfonamides is 1. The van der Waals surface area contributed by atoms with Crippen LogP contribution < -0.4 is 9.46 Å².